The predicted molar refractivity (Wildman–Crippen MR) is 66.0 cm³/mol. The van der Waals surface area contributed by atoms with Crippen LogP contribution >= 0.6 is 22.6 Å². The topological polar surface area (TPSA) is 0 Å². The molecule has 0 aliphatic carbocycles. The van der Waals surface area contributed by atoms with Crippen LogP contribution < -0.4 is 0 Å². The van der Waals surface area contributed by atoms with E-state index in [4.69, 9.17) is 0 Å². The molecule has 1 heteroatoms. The molecule has 72 valence electrons. The number of hydrogen-bond donors (Lipinski definition) is 0. The van der Waals surface area contributed by atoms with E-state index < -0.39 is 0 Å². The third kappa shape index (κ3) is 7.14. The van der Waals surface area contributed by atoms with Crippen LogP contribution in [0.5, 0.6) is 0 Å². The molecule has 0 N–H and O–H groups in total. The van der Waals surface area contributed by atoms with Gasteiger partial charge in [-0.15, -0.1) is 0 Å². The van der Waals surface area contributed by atoms with Crippen LogP contribution in [-0.2, 0) is 0 Å². The maximum atomic E-state index is 2.45. The zero-order chi connectivity index (χ0) is 9.45. The van der Waals surface area contributed by atoms with E-state index in [1.54, 1.807) is 0 Å². The lowest BCUT2D eigenvalue weighted by Crippen LogP contribution is -2.07. The number of hydrogen-bond acceptors (Lipinski definition) is 0. The van der Waals surface area contributed by atoms with Crippen LogP contribution in [0.1, 0.15) is 46.5 Å². The quantitative estimate of drug-likeness (QED) is 0.289. The Labute approximate surface area is 91.0 Å². The Kier molecular flexibility index (Phi) is 7.20. The van der Waals surface area contributed by atoms with E-state index in [1.165, 1.54) is 30.1 Å². The highest BCUT2D eigenvalue weighted by Gasteiger charge is 2.09. The molecule has 0 unspecified atom stereocenters. The monoisotopic (exact) mass is 280 g/mol. The second-order valence-electron chi connectivity index (χ2n) is 4.02. The van der Waals surface area contributed by atoms with Crippen molar-refractivity contribution in [2.45, 2.75) is 46.5 Å². The maximum absolute atomic E-state index is 2.45. The lowest BCUT2D eigenvalue weighted by atomic mass is 9.95. The van der Waals surface area contributed by atoms with Crippen molar-refractivity contribution < 1.29 is 0 Å². The first-order chi connectivity index (χ1) is 5.62. The van der Waals surface area contributed by atoms with Gasteiger partial charge in [-0.1, -0.05) is 68.4 Å². The molecule has 12 heavy (non-hydrogen) atoms. The fourth-order valence-electron chi connectivity index (χ4n) is 0.959. The van der Waals surface area contributed by atoms with Crippen molar-refractivity contribution in [1.82, 2.24) is 0 Å². The molecule has 0 aromatic rings. The SMILES string of the molecule is CCCCCC=CC(C)(C)CI. The van der Waals surface area contributed by atoms with Crippen molar-refractivity contribution >= 4 is 22.6 Å². The lowest BCUT2D eigenvalue weighted by molar-refractivity contribution is 0.562. The zero-order valence-electron chi connectivity index (χ0n) is 8.57. The molecule has 0 saturated carbocycles. The van der Waals surface area contributed by atoms with Gasteiger partial charge in [-0.05, 0) is 18.3 Å². The van der Waals surface area contributed by atoms with Crippen molar-refractivity contribution in [3.63, 3.8) is 0 Å². The van der Waals surface area contributed by atoms with Crippen molar-refractivity contribution in [2.24, 2.45) is 5.41 Å². The second kappa shape index (κ2) is 6.93. The summed E-state index contributed by atoms with van der Waals surface area (Å²) in [6.45, 7) is 6.82. The molecule has 0 aromatic carbocycles. The van der Waals surface area contributed by atoms with Crippen LogP contribution in [0.4, 0.5) is 0 Å². The Hall–Kier alpha value is 0.470. The van der Waals surface area contributed by atoms with Crippen LogP contribution in [0.25, 0.3) is 0 Å². The standard InChI is InChI=1S/C11H21I/c1-4-5-6-7-8-9-11(2,3)10-12/h8-9H,4-7,10H2,1-3H3. The minimum absolute atomic E-state index is 0.396. The number of alkyl halides is 1. The van der Waals surface area contributed by atoms with Gasteiger partial charge in [0.15, 0.2) is 0 Å². The normalized spacial score (nSPS) is 12.7. The average molecular weight is 280 g/mol. The van der Waals surface area contributed by atoms with Crippen LogP contribution in [0, 0.1) is 5.41 Å². The van der Waals surface area contributed by atoms with Crippen LogP contribution in [0.15, 0.2) is 12.2 Å². The van der Waals surface area contributed by atoms with Gasteiger partial charge in [-0.2, -0.15) is 0 Å². The lowest BCUT2D eigenvalue weighted by Gasteiger charge is -2.15. The summed E-state index contributed by atoms with van der Waals surface area (Å²) < 4.78 is 1.20. The molecule has 0 heterocycles. The Balaban J connectivity index is 3.47. The van der Waals surface area contributed by atoms with Crippen molar-refractivity contribution in [3.8, 4) is 0 Å². The van der Waals surface area contributed by atoms with E-state index >= 15 is 0 Å². The van der Waals surface area contributed by atoms with E-state index in [0.29, 0.717) is 5.41 Å². The largest absolute Gasteiger partial charge is 0.0880 e. The van der Waals surface area contributed by atoms with Crippen LogP contribution in [0.3, 0.4) is 0 Å². The molecule has 0 saturated heterocycles. The van der Waals surface area contributed by atoms with Gasteiger partial charge in [0.2, 0.25) is 0 Å². The molecule has 0 nitrogen and oxygen atoms in total. The summed E-state index contributed by atoms with van der Waals surface area (Å²) in [6, 6.07) is 0. The van der Waals surface area contributed by atoms with Gasteiger partial charge in [0.05, 0.1) is 0 Å². The molecule has 0 aromatic heterocycles. The van der Waals surface area contributed by atoms with Crippen molar-refractivity contribution in [3.05, 3.63) is 12.2 Å². The summed E-state index contributed by atoms with van der Waals surface area (Å²) in [5, 5.41) is 0. The minimum Gasteiger partial charge on any atom is -0.0880 e. The van der Waals surface area contributed by atoms with E-state index in [0.717, 1.165) is 0 Å². The molecule has 0 aliphatic rings. The zero-order valence-corrected chi connectivity index (χ0v) is 10.7. The van der Waals surface area contributed by atoms with Crippen molar-refractivity contribution in [2.75, 3.05) is 4.43 Å². The molecule has 0 atom stereocenters. The number of unbranched alkanes of at least 4 members (excludes halogenated alkanes) is 3. The summed E-state index contributed by atoms with van der Waals surface area (Å²) in [5.41, 5.74) is 0.396. The first kappa shape index (κ1) is 12.5. The van der Waals surface area contributed by atoms with Gasteiger partial charge < -0.3 is 0 Å². The van der Waals surface area contributed by atoms with E-state index in [2.05, 4.69) is 55.5 Å². The van der Waals surface area contributed by atoms with Crippen LogP contribution in [-0.4, -0.2) is 4.43 Å². The van der Waals surface area contributed by atoms with Crippen molar-refractivity contribution in [1.29, 1.82) is 0 Å². The molecule has 0 radical (unpaired) electrons. The summed E-state index contributed by atoms with van der Waals surface area (Å²) in [4.78, 5) is 0. The number of halogens is 1. The summed E-state index contributed by atoms with van der Waals surface area (Å²) in [7, 11) is 0. The molecule has 0 amide bonds. The highest BCUT2D eigenvalue weighted by molar-refractivity contribution is 14.1. The highest BCUT2D eigenvalue weighted by atomic mass is 127. The van der Waals surface area contributed by atoms with Gasteiger partial charge in [0.25, 0.3) is 0 Å². The predicted octanol–water partition coefficient (Wildman–Crippen LogP) is 4.58. The van der Waals surface area contributed by atoms with E-state index in [1.807, 2.05) is 0 Å². The van der Waals surface area contributed by atoms with E-state index in [-0.39, 0.29) is 0 Å². The molecular formula is C11H21I. The molecule has 0 aliphatic heterocycles. The highest BCUT2D eigenvalue weighted by Crippen LogP contribution is 2.20. The molecule has 0 bridgehead atoms. The molecule has 0 fully saturated rings. The van der Waals surface area contributed by atoms with Gasteiger partial charge in [-0.3, -0.25) is 0 Å². The first-order valence-electron chi connectivity index (χ1n) is 4.86. The maximum Gasteiger partial charge on any atom is 0.00813 e. The first-order valence-corrected chi connectivity index (χ1v) is 6.38. The number of rotatable bonds is 6. The third-order valence-electron chi connectivity index (χ3n) is 1.89. The number of allylic oxidation sites excluding steroid dienone is 2. The summed E-state index contributed by atoms with van der Waals surface area (Å²) in [5.74, 6) is 0. The second-order valence-corrected chi connectivity index (χ2v) is 4.78. The average Bonchev–Trinajstić information content (AvgIpc) is 2.04. The Morgan fingerprint density at radius 1 is 1.25 bits per heavy atom. The smallest absolute Gasteiger partial charge is 0.00813 e. The summed E-state index contributed by atoms with van der Waals surface area (Å²) in [6.07, 6.45) is 10.0. The van der Waals surface area contributed by atoms with Gasteiger partial charge >= 0.3 is 0 Å². The van der Waals surface area contributed by atoms with Gasteiger partial charge in [0, 0.05) is 4.43 Å². The summed E-state index contributed by atoms with van der Waals surface area (Å²) >= 11 is 2.45. The fourth-order valence-corrected chi connectivity index (χ4v) is 1.21. The Morgan fingerprint density at radius 3 is 2.42 bits per heavy atom. The Bertz CT molecular complexity index is 125. The Morgan fingerprint density at radius 2 is 1.92 bits per heavy atom. The fraction of sp³-hybridized carbons (Fsp3) is 0.818. The molecule has 0 spiro atoms. The van der Waals surface area contributed by atoms with Gasteiger partial charge in [-0.25, -0.2) is 0 Å². The minimum atomic E-state index is 0.396. The van der Waals surface area contributed by atoms with Gasteiger partial charge in [0.1, 0.15) is 0 Å². The van der Waals surface area contributed by atoms with Crippen LogP contribution in [0.2, 0.25) is 0 Å². The third-order valence-corrected chi connectivity index (χ3v) is 3.85. The molecular weight excluding hydrogens is 259 g/mol. The molecule has 0 rings (SSSR count). The van der Waals surface area contributed by atoms with E-state index in [9.17, 15) is 0 Å².